The van der Waals surface area contributed by atoms with E-state index in [1.165, 1.54) is 18.2 Å². The molecule has 0 unspecified atom stereocenters. The molecule has 1 amide bonds. The summed E-state index contributed by atoms with van der Waals surface area (Å²) in [6.07, 6.45) is 0. The molecule has 0 aliphatic rings. The minimum Gasteiger partial charge on any atom is -0.487 e. The van der Waals surface area contributed by atoms with E-state index < -0.39 is 34.9 Å². The van der Waals surface area contributed by atoms with Crippen LogP contribution in [0.4, 0.5) is 15.8 Å². The molecule has 0 atom stereocenters. The van der Waals surface area contributed by atoms with Crippen LogP contribution in [0.5, 0.6) is 5.75 Å². The number of benzene rings is 2. The topological polar surface area (TPSA) is 108 Å². The highest BCUT2D eigenvalue weighted by Gasteiger charge is 2.20. The standard InChI is InChI=1S/C17H14ClFN2O6/c1-2-26-15-6-3-10(7-14(15)21(24)25)17(23)27-9-16(22)20-13-5-4-11(19)8-12(13)18/h3-8H,2,9H2,1H3,(H,20,22). The summed E-state index contributed by atoms with van der Waals surface area (Å²) in [5.74, 6) is -2.19. The van der Waals surface area contributed by atoms with E-state index in [2.05, 4.69) is 5.32 Å². The average Bonchev–Trinajstić information content (AvgIpc) is 2.62. The summed E-state index contributed by atoms with van der Waals surface area (Å²) in [6, 6.07) is 6.94. The van der Waals surface area contributed by atoms with Gasteiger partial charge in [-0.25, -0.2) is 9.18 Å². The van der Waals surface area contributed by atoms with Gasteiger partial charge in [0.15, 0.2) is 12.4 Å². The van der Waals surface area contributed by atoms with Crippen LogP contribution in [0.15, 0.2) is 36.4 Å². The molecule has 2 aromatic carbocycles. The Morgan fingerprint density at radius 1 is 1.26 bits per heavy atom. The second kappa shape index (κ2) is 8.95. The Balaban J connectivity index is 2.01. The number of carbonyl (C=O) groups excluding carboxylic acids is 2. The molecule has 142 valence electrons. The van der Waals surface area contributed by atoms with E-state index in [-0.39, 0.29) is 28.6 Å². The summed E-state index contributed by atoms with van der Waals surface area (Å²) in [6.45, 7) is 1.22. The Hall–Kier alpha value is -3.20. The van der Waals surface area contributed by atoms with Crippen molar-refractivity contribution in [1.82, 2.24) is 0 Å². The number of nitrogens with zero attached hydrogens (tertiary/aromatic N) is 1. The van der Waals surface area contributed by atoms with E-state index in [9.17, 15) is 24.1 Å². The number of esters is 1. The van der Waals surface area contributed by atoms with E-state index in [0.29, 0.717) is 0 Å². The van der Waals surface area contributed by atoms with Crippen molar-refractivity contribution in [1.29, 1.82) is 0 Å². The van der Waals surface area contributed by atoms with Crippen LogP contribution in [-0.4, -0.2) is 30.0 Å². The van der Waals surface area contributed by atoms with Gasteiger partial charge in [-0.1, -0.05) is 11.6 Å². The largest absolute Gasteiger partial charge is 0.487 e. The van der Waals surface area contributed by atoms with Gasteiger partial charge in [-0.15, -0.1) is 0 Å². The molecule has 0 aromatic heterocycles. The summed E-state index contributed by atoms with van der Waals surface area (Å²) in [5, 5.41) is 13.4. The zero-order valence-corrected chi connectivity index (χ0v) is 14.8. The Kier molecular flexibility index (Phi) is 6.67. The van der Waals surface area contributed by atoms with Crippen molar-refractivity contribution in [3.05, 3.63) is 62.9 Å². The Morgan fingerprint density at radius 3 is 2.63 bits per heavy atom. The predicted octanol–water partition coefficient (Wildman–Crippen LogP) is 3.58. The van der Waals surface area contributed by atoms with Gasteiger partial charge in [-0.05, 0) is 37.3 Å². The summed E-state index contributed by atoms with van der Waals surface area (Å²) < 4.78 is 22.9. The van der Waals surface area contributed by atoms with Crippen LogP contribution in [0, 0.1) is 15.9 Å². The fourth-order valence-electron chi connectivity index (χ4n) is 2.06. The second-order valence-corrected chi connectivity index (χ2v) is 5.53. The number of rotatable bonds is 7. The lowest BCUT2D eigenvalue weighted by molar-refractivity contribution is -0.385. The van der Waals surface area contributed by atoms with E-state index in [0.717, 1.165) is 18.2 Å². The quantitative estimate of drug-likeness (QED) is 0.435. The zero-order valence-electron chi connectivity index (χ0n) is 14.0. The monoisotopic (exact) mass is 396 g/mol. The maximum Gasteiger partial charge on any atom is 0.338 e. The number of nitrogens with one attached hydrogen (secondary N) is 1. The molecule has 0 radical (unpaired) electrons. The number of hydrogen-bond acceptors (Lipinski definition) is 6. The molecule has 0 bridgehead atoms. The fraction of sp³-hybridized carbons (Fsp3) is 0.176. The number of hydrogen-bond donors (Lipinski definition) is 1. The molecule has 0 heterocycles. The lowest BCUT2D eigenvalue weighted by atomic mass is 10.2. The molecule has 0 saturated heterocycles. The van der Waals surface area contributed by atoms with E-state index in [1.54, 1.807) is 6.92 Å². The van der Waals surface area contributed by atoms with Gasteiger partial charge in [0.05, 0.1) is 27.8 Å². The fourth-order valence-corrected chi connectivity index (χ4v) is 2.27. The molecule has 0 saturated carbocycles. The van der Waals surface area contributed by atoms with E-state index in [4.69, 9.17) is 21.1 Å². The maximum atomic E-state index is 13.0. The third-order valence-corrected chi connectivity index (χ3v) is 3.54. The highest BCUT2D eigenvalue weighted by Crippen LogP contribution is 2.28. The van der Waals surface area contributed by atoms with Crippen molar-refractivity contribution in [2.75, 3.05) is 18.5 Å². The third kappa shape index (κ3) is 5.38. The minimum atomic E-state index is -0.929. The number of amides is 1. The highest BCUT2D eigenvalue weighted by molar-refractivity contribution is 6.33. The van der Waals surface area contributed by atoms with Gasteiger partial charge >= 0.3 is 11.7 Å². The molecular weight excluding hydrogens is 383 g/mol. The Bertz CT molecular complexity index is 890. The van der Waals surface area contributed by atoms with Crippen LogP contribution in [-0.2, 0) is 9.53 Å². The van der Waals surface area contributed by atoms with Crippen LogP contribution in [0.3, 0.4) is 0 Å². The Morgan fingerprint density at radius 2 is 2.00 bits per heavy atom. The van der Waals surface area contributed by atoms with Crippen LogP contribution < -0.4 is 10.1 Å². The van der Waals surface area contributed by atoms with Crippen molar-refractivity contribution in [2.45, 2.75) is 6.92 Å². The first-order valence-electron chi connectivity index (χ1n) is 7.65. The number of ether oxygens (including phenoxy) is 2. The van der Waals surface area contributed by atoms with Gasteiger partial charge in [-0.3, -0.25) is 14.9 Å². The molecular formula is C17H14ClFN2O6. The zero-order chi connectivity index (χ0) is 20.0. The number of halogens is 2. The van der Waals surface area contributed by atoms with Gasteiger partial charge in [0, 0.05) is 6.07 Å². The molecule has 10 heteroatoms. The van der Waals surface area contributed by atoms with Crippen molar-refractivity contribution < 1.29 is 28.4 Å². The highest BCUT2D eigenvalue weighted by atomic mass is 35.5. The normalized spacial score (nSPS) is 10.2. The van der Waals surface area contributed by atoms with Crippen molar-refractivity contribution in [2.24, 2.45) is 0 Å². The number of carbonyl (C=O) groups is 2. The Labute approximate surface area is 158 Å². The lowest BCUT2D eigenvalue weighted by Crippen LogP contribution is -2.21. The number of nitro groups is 1. The lowest BCUT2D eigenvalue weighted by Gasteiger charge is -2.09. The summed E-state index contributed by atoms with van der Waals surface area (Å²) in [7, 11) is 0. The van der Waals surface area contributed by atoms with Crippen molar-refractivity contribution in [3.8, 4) is 5.75 Å². The first-order chi connectivity index (χ1) is 12.8. The predicted molar refractivity (Wildman–Crippen MR) is 94.6 cm³/mol. The molecule has 27 heavy (non-hydrogen) atoms. The minimum absolute atomic E-state index is 0.0164. The van der Waals surface area contributed by atoms with Crippen LogP contribution in [0.2, 0.25) is 5.02 Å². The molecule has 1 N–H and O–H groups in total. The van der Waals surface area contributed by atoms with Gasteiger partial charge in [-0.2, -0.15) is 0 Å². The number of nitro benzene ring substituents is 1. The molecule has 0 aliphatic carbocycles. The van der Waals surface area contributed by atoms with Gasteiger partial charge in [0.1, 0.15) is 5.82 Å². The average molecular weight is 397 g/mol. The molecule has 2 aromatic rings. The van der Waals surface area contributed by atoms with E-state index in [1.807, 2.05) is 0 Å². The smallest absolute Gasteiger partial charge is 0.338 e. The number of anilines is 1. The van der Waals surface area contributed by atoms with E-state index >= 15 is 0 Å². The van der Waals surface area contributed by atoms with Gasteiger partial charge < -0.3 is 14.8 Å². The third-order valence-electron chi connectivity index (χ3n) is 3.23. The second-order valence-electron chi connectivity index (χ2n) is 5.12. The first kappa shape index (κ1) is 20.1. The summed E-state index contributed by atoms with van der Waals surface area (Å²) in [5.41, 5.74) is -0.359. The van der Waals surface area contributed by atoms with Gasteiger partial charge in [0.25, 0.3) is 5.91 Å². The van der Waals surface area contributed by atoms with Crippen LogP contribution in [0.25, 0.3) is 0 Å². The SMILES string of the molecule is CCOc1ccc(C(=O)OCC(=O)Nc2ccc(F)cc2Cl)cc1[N+](=O)[O-]. The maximum absolute atomic E-state index is 13.0. The van der Waals surface area contributed by atoms with Crippen LogP contribution >= 0.6 is 11.6 Å². The summed E-state index contributed by atoms with van der Waals surface area (Å²) in [4.78, 5) is 34.2. The van der Waals surface area contributed by atoms with Crippen molar-refractivity contribution >= 4 is 34.9 Å². The molecule has 0 fully saturated rings. The molecule has 0 spiro atoms. The van der Waals surface area contributed by atoms with Crippen molar-refractivity contribution in [3.63, 3.8) is 0 Å². The van der Waals surface area contributed by atoms with Gasteiger partial charge in [0.2, 0.25) is 0 Å². The summed E-state index contributed by atoms with van der Waals surface area (Å²) >= 11 is 5.78. The van der Waals surface area contributed by atoms with Crippen LogP contribution in [0.1, 0.15) is 17.3 Å². The molecule has 2 rings (SSSR count). The molecule has 8 nitrogen and oxygen atoms in total. The molecule has 0 aliphatic heterocycles. The first-order valence-corrected chi connectivity index (χ1v) is 8.03.